The lowest BCUT2D eigenvalue weighted by atomic mass is 10.2. The Morgan fingerprint density at radius 3 is 2.69 bits per heavy atom. The molecule has 1 rings (SSSR count). The minimum atomic E-state index is -0.657. The first-order chi connectivity index (χ1) is 6.09. The predicted molar refractivity (Wildman–Crippen MR) is 55.0 cm³/mol. The lowest BCUT2D eigenvalue weighted by molar-refractivity contribution is 0.253. The van der Waals surface area contributed by atoms with Crippen molar-refractivity contribution in [1.29, 1.82) is 0 Å². The molecule has 0 bridgehead atoms. The van der Waals surface area contributed by atoms with Gasteiger partial charge >= 0.3 is 0 Å². The molecule has 1 aromatic rings. The lowest BCUT2D eigenvalue weighted by Crippen LogP contribution is -1.92. The molecule has 1 nitrogen and oxygen atoms in total. The average Bonchev–Trinajstić information content (AvgIpc) is 2.06. The van der Waals surface area contributed by atoms with Gasteiger partial charge in [0.05, 0.1) is 5.02 Å². The van der Waals surface area contributed by atoms with E-state index < -0.39 is 6.10 Å². The predicted octanol–water partition coefficient (Wildman–Crippen LogP) is 2.73. The van der Waals surface area contributed by atoms with Gasteiger partial charge in [0.2, 0.25) is 0 Å². The van der Waals surface area contributed by atoms with E-state index in [1.54, 1.807) is 25.1 Å². The molecule has 0 saturated carbocycles. The van der Waals surface area contributed by atoms with Crippen LogP contribution in [0.15, 0.2) is 18.2 Å². The Hall–Kier alpha value is -0.680. The molecule has 0 amide bonds. The maximum Gasteiger partial charge on any atom is 0.112 e. The van der Waals surface area contributed by atoms with Crippen LogP contribution in [0.4, 0.5) is 0 Å². The van der Waals surface area contributed by atoms with Crippen LogP contribution in [-0.4, -0.2) is 11.2 Å². The minimum absolute atomic E-state index is 0.539. The molecular weight excluding hydrogens is 207 g/mol. The molecule has 0 spiro atoms. The van der Waals surface area contributed by atoms with E-state index in [1.165, 1.54) is 0 Å². The van der Waals surface area contributed by atoms with Gasteiger partial charge in [-0.2, -0.15) is 0 Å². The van der Waals surface area contributed by atoms with E-state index in [1.807, 2.05) is 0 Å². The van der Waals surface area contributed by atoms with Crippen molar-refractivity contribution >= 4 is 23.2 Å². The maximum atomic E-state index is 8.92. The topological polar surface area (TPSA) is 20.2 Å². The molecule has 13 heavy (non-hydrogen) atoms. The summed E-state index contributed by atoms with van der Waals surface area (Å²) in [5.74, 6) is 5.33. The Balaban J connectivity index is 3.02. The molecule has 0 radical (unpaired) electrons. The fraction of sp³-hybridized carbons (Fsp3) is 0.200. The van der Waals surface area contributed by atoms with Gasteiger partial charge in [-0.25, -0.2) is 0 Å². The first-order valence-corrected chi connectivity index (χ1v) is 4.50. The fourth-order valence-corrected chi connectivity index (χ4v) is 1.11. The van der Waals surface area contributed by atoms with Crippen molar-refractivity contribution in [1.82, 2.24) is 0 Å². The SMILES string of the molecule is CC(O)C#Cc1cc(Cl)ccc1Cl. The summed E-state index contributed by atoms with van der Waals surface area (Å²) in [6, 6.07) is 5.03. The summed E-state index contributed by atoms with van der Waals surface area (Å²) < 4.78 is 0. The number of aliphatic hydroxyl groups is 1. The third kappa shape index (κ3) is 3.28. The van der Waals surface area contributed by atoms with E-state index in [9.17, 15) is 0 Å². The molecule has 0 aliphatic carbocycles. The highest BCUT2D eigenvalue weighted by atomic mass is 35.5. The molecule has 0 aliphatic rings. The van der Waals surface area contributed by atoms with Crippen LogP contribution < -0.4 is 0 Å². The number of aliphatic hydroxyl groups excluding tert-OH is 1. The second kappa shape index (κ2) is 4.53. The van der Waals surface area contributed by atoms with Gasteiger partial charge < -0.3 is 5.11 Å². The molecule has 0 fully saturated rings. The number of hydrogen-bond donors (Lipinski definition) is 1. The number of benzene rings is 1. The van der Waals surface area contributed by atoms with Crippen molar-refractivity contribution < 1.29 is 5.11 Å². The highest BCUT2D eigenvalue weighted by Gasteiger charge is 1.97. The van der Waals surface area contributed by atoms with E-state index in [2.05, 4.69) is 11.8 Å². The minimum Gasteiger partial charge on any atom is -0.381 e. The summed E-state index contributed by atoms with van der Waals surface area (Å²) in [6.07, 6.45) is -0.657. The summed E-state index contributed by atoms with van der Waals surface area (Å²) in [5, 5.41) is 10.0. The molecule has 68 valence electrons. The summed E-state index contributed by atoms with van der Waals surface area (Å²) in [6.45, 7) is 1.59. The standard InChI is InChI=1S/C10H8Cl2O/c1-7(13)2-3-8-6-9(11)4-5-10(8)12/h4-7,13H,1H3. The molecular formula is C10H8Cl2O. The van der Waals surface area contributed by atoms with Crippen LogP contribution in [0.3, 0.4) is 0 Å². The average molecular weight is 215 g/mol. The molecule has 0 aliphatic heterocycles. The van der Waals surface area contributed by atoms with Crippen molar-refractivity contribution in [3.05, 3.63) is 33.8 Å². The molecule has 1 aromatic carbocycles. The summed E-state index contributed by atoms with van der Waals surface area (Å²) in [4.78, 5) is 0. The molecule has 1 unspecified atom stereocenters. The van der Waals surface area contributed by atoms with E-state index in [4.69, 9.17) is 28.3 Å². The third-order valence-electron chi connectivity index (χ3n) is 1.34. The van der Waals surface area contributed by atoms with Crippen molar-refractivity contribution in [2.75, 3.05) is 0 Å². The third-order valence-corrected chi connectivity index (χ3v) is 1.91. The van der Waals surface area contributed by atoms with Gasteiger partial charge in [-0.1, -0.05) is 35.0 Å². The van der Waals surface area contributed by atoms with Crippen LogP contribution in [0.2, 0.25) is 10.0 Å². The van der Waals surface area contributed by atoms with Crippen molar-refractivity contribution in [2.24, 2.45) is 0 Å². The zero-order valence-electron chi connectivity index (χ0n) is 7.01. The summed E-state index contributed by atoms with van der Waals surface area (Å²) in [5.41, 5.74) is 0.634. The number of halogens is 2. The van der Waals surface area contributed by atoms with Gasteiger partial charge in [-0.3, -0.25) is 0 Å². The normalized spacial score (nSPS) is 11.7. The van der Waals surface area contributed by atoms with Gasteiger partial charge in [0.25, 0.3) is 0 Å². The van der Waals surface area contributed by atoms with Crippen molar-refractivity contribution in [3.8, 4) is 11.8 Å². The first-order valence-electron chi connectivity index (χ1n) is 3.74. The molecule has 1 N–H and O–H groups in total. The quantitative estimate of drug-likeness (QED) is 0.659. The van der Waals surface area contributed by atoms with Crippen LogP contribution in [0.25, 0.3) is 0 Å². The van der Waals surface area contributed by atoms with E-state index in [0.29, 0.717) is 15.6 Å². The van der Waals surface area contributed by atoms with Crippen LogP contribution >= 0.6 is 23.2 Å². The van der Waals surface area contributed by atoms with Crippen molar-refractivity contribution in [2.45, 2.75) is 13.0 Å². The molecule has 1 atom stereocenters. The van der Waals surface area contributed by atoms with Crippen LogP contribution in [0, 0.1) is 11.8 Å². The van der Waals surface area contributed by atoms with Gasteiger partial charge in [-0.05, 0) is 25.1 Å². The highest BCUT2D eigenvalue weighted by molar-refractivity contribution is 6.33. The van der Waals surface area contributed by atoms with E-state index >= 15 is 0 Å². The Bertz CT molecular complexity index is 361. The second-order valence-electron chi connectivity index (χ2n) is 2.57. The zero-order chi connectivity index (χ0) is 9.84. The largest absolute Gasteiger partial charge is 0.381 e. The smallest absolute Gasteiger partial charge is 0.112 e. The van der Waals surface area contributed by atoms with Crippen molar-refractivity contribution in [3.63, 3.8) is 0 Å². The second-order valence-corrected chi connectivity index (χ2v) is 3.41. The van der Waals surface area contributed by atoms with Crippen LogP contribution in [0.1, 0.15) is 12.5 Å². The zero-order valence-corrected chi connectivity index (χ0v) is 8.52. The van der Waals surface area contributed by atoms with Gasteiger partial charge in [0.15, 0.2) is 0 Å². The maximum absolute atomic E-state index is 8.92. The Morgan fingerprint density at radius 2 is 2.08 bits per heavy atom. The van der Waals surface area contributed by atoms with Crippen LogP contribution in [-0.2, 0) is 0 Å². The molecule has 0 aromatic heterocycles. The highest BCUT2D eigenvalue weighted by Crippen LogP contribution is 2.19. The molecule has 0 heterocycles. The first kappa shape index (κ1) is 10.4. The van der Waals surface area contributed by atoms with Gasteiger partial charge in [-0.15, -0.1) is 0 Å². The molecule has 3 heteroatoms. The van der Waals surface area contributed by atoms with Gasteiger partial charge in [0.1, 0.15) is 6.10 Å². The lowest BCUT2D eigenvalue weighted by Gasteiger charge is -1.96. The summed E-state index contributed by atoms with van der Waals surface area (Å²) in [7, 11) is 0. The van der Waals surface area contributed by atoms with E-state index in [-0.39, 0.29) is 0 Å². The Kier molecular flexibility index (Phi) is 3.62. The summed E-state index contributed by atoms with van der Waals surface area (Å²) >= 11 is 11.6. The fourth-order valence-electron chi connectivity index (χ4n) is 0.775. The van der Waals surface area contributed by atoms with Gasteiger partial charge in [0, 0.05) is 10.6 Å². The Morgan fingerprint density at radius 1 is 1.38 bits per heavy atom. The number of rotatable bonds is 0. The monoisotopic (exact) mass is 214 g/mol. The molecule has 0 saturated heterocycles. The van der Waals surface area contributed by atoms with E-state index in [0.717, 1.165) is 0 Å². The Labute approximate surface area is 87.3 Å². The number of hydrogen-bond acceptors (Lipinski definition) is 1. The van der Waals surface area contributed by atoms with Crippen LogP contribution in [0.5, 0.6) is 0 Å².